The summed E-state index contributed by atoms with van der Waals surface area (Å²) in [7, 11) is 0. The largest absolute Gasteiger partial charge is 0.291 e. The van der Waals surface area contributed by atoms with E-state index in [4.69, 9.17) is 0 Å². The van der Waals surface area contributed by atoms with E-state index in [1.54, 1.807) is 0 Å². The number of aliphatic imine (C=N–C) groups is 2. The molecule has 0 saturated carbocycles. The number of hydrogen-bond acceptors (Lipinski definition) is 4. The standard InChI is InChI=1S/C16H16N4O/c1-10(2)12-5-7-13(8-6-12)11(3)18-14-9-15(21)20-16(17-4)19-14/h5-9H,1,4H2,2-3H3,(H,19,20,21). The van der Waals surface area contributed by atoms with Crippen molar-refractivity contribution in [2.24, 2.45) is 9.98 Å². The quantitative estimate of drug-likeness (QED) is 0.873. The Labute approximate surface area is 122 Å². The van der Waals surface area contributed by atoms with E-state index in [1.165, 1.54) is 6.07 Å². The van der Waals surface area contributed by atoms with Gasteiger partial charge in [-0.2, -0.15) is 4.98 Å². The minimum atomic E-state index is -0.309. The number of nitrogens with one attached hydrogen (secondary N) is 1. The molecule has 2 aromatic rings. The van der Waals surface area contributed by atoms with Crippen molar-refractivity contribution in [3.63, 3.8) is 0 Å². The lowest BCUT2D eigenvalue weighted by Crippen LogP contribution is -2.04. The Kier molecular flexibility index (Phi) is 4.23. The summed E-state index contributed by atoms with van der Waals surface area (Å²) < 4.78 is 0. The van der Waals surface area contributed by atoms with Crippen LogP contribution in [0.1, 0.15) is 25.0 Å². The third kappa shape index (κ3) is 3.60. The number of hydrogen-bond donors (Lipinski definition) is 1. The first-order chi connectivity index (χ1) is 9.99. The van der Waals surface area contributed by atoms with Crippen molar-refractivity contribution in [1.82, 2.24) is 9.97 Å². The molecule has 0 saturated heterocycles. The van der Waals surface area contributed by atoms with Crippen LogP contribution in [0, 0.1) is 0 Å². The fourth-order valence-electron chi connectivity index (χ4n) is 1.80. The average molecular weight is 280 g/mol. The van der Waals surface area contributed by atoms with Gasteiger partial charge in [0, 0.05) is 11.8 Å². The molecular formula is C16H16N4O. The van der Waals surface area contributed by atoms with Gasteiger partial charge in [0.2, 0.25) is 5.95 Å². The molecule has 0 radical (unpaired) electrons. The van der Waals surface area contributed by atoms with Gasteiger partial charge >= 0.3 is 0 Å². The Balaban J connectivity index is 2.36. The molecule has 5 heteroatoms. The summed E-state index contributed by atoms with van der Waals surface area (Å²) >= 11 is 0. The number of benzene rings is 1. The van der Waals surface area contributed by atoms with E-state index >= 15 is 0 Å². The minimum Gasteiger partial charge on any atom is -0.291 e. The van der Waals surface area contributed by atoms with Gasteiger partial charge in [-0.15, -0.1) is 0 Å². The van der Waals surface area contributed by atoms with Crippen molar-refractivity contribution in [3.8, 4) is 0 Å². The van der Waals surface area contributed by atoms with Gasteiger partial charge in [0.15, 0.2) is 5.82 Å². The van der Waals surface area contributed by atoms with Crippen LogP contribution in [0.4, 0.5) is 11.8 Å². The first-order valence-corrected chi connectivity index (χ1v) is 6.39. The molecule has 0 unspecified atom stereocenters. The summed E-state index contributed by atoms with van der Waals surface area (Å²) in [5, 5.41) is 0. The van der Waals surface area contributed by atoms with Crippen LogP contribution in [0.15, 0.2) is 51.7 Å². The van der Waals surface area contributed by atoms with Crippen molar-refractivity contribution in [3.05, 3.63) is 58.4 Å². The molecule has 1 aromatic heterocycles. The predicted molar refractivity (Wildman–Crippen MR) is 87.1 cm³/mol. The highest BCUT2D eigenvalue weighted by atomic mass is 16.1. The Morgan fingerprint density at radius 3 is 2.38 bits per heavy atom. The zero-order chi connectivity index (χ0) is 15.4. The first-order valence-electron chi connectivity index (χ1n) is 6.39. The lowest BCUT2D eigenvalue weighted by molar-refractivity contribution is 1.09. The summed E-state index contributed by atoms with van der Waals surface area (Å²) in [5.74, 6) is 0.467. The van der Waals surface area contributed by atoms with E-state index in [0.29, 0.717) is 5.82 Å². The van der Waals surface area contributed by atoms with Crippen molar-refractivity contribution in [2.75, 3.05) is 0 Å². The molecule has 0 amide bonds. The SMILES string of the molecule is C=Nc1nc(N=C(C)c2ccc(C(=C)C)cc2)cc(=O)[nH]1. The van der Waals surface area contributed by atoms with Crippen LogP contribution in [-0.2, 0) is 0 Å². The topological polar surface area (TPSA) is 70.5 Å². The van der Waals surface area contributed by atoms with E-state index in [9.17, 15) is 4.79 Å². The maximum atomic E-state index is 11.4. The molecule has 0 aliphatic heterocycles. The Hall–Kier alpha value is -2.82. The molecule has 1 N–H and O–H groups in total. The molecule has 0 spiro atoms. The maximum absolute atomic E-state index is 11.4. The molecule has 0 fully saturated rings. The number of aromatic nitrogens is 2. The summed E-state index contributed by atoms with van der Waals surface area (Å²) in [6.45, 7) is 11.1. The number of H-pyrrole nitrogens is 1. The predicted octanol–water partition coefficient (Wildman–Crippen LogP) is 3.28. The molecule has 21 heavy (non-hydrogen) atoms. The summed E-state index contributed by atoms with van der Waals surface area (Å²) in [6, 6.07) is 9.21. The van der Waals surface area contributed by atoms with Crippen LogP contribution in [-0.4, -0.2) is 22.4 Å². The molecule has 1 heterocycles. The molecule has 1 aromatic carbocycles. The fourth-order valence-corrected chi connectivity index (χ4v) is 1.80. The molecular weight excluding hydrogens is 264 g/mol. The van der Waals surface area contributed by atoms with E-state index in [0.717, 1.165) is 22.4 Å². The third-order valence-corrected chi connectivity index (χ3v) is 2.94. The van der Waals surface area contributed by atoms with Gasteiger partial charge in [-0.25, -0.2) is 9.98 Å². The van der Waals surface area contributed by atoms with Crippen LogP contribution in [0.3, 0.4) is 0 Å². The Morgan fingerprint density at radius 2 is 1.81 bits per heavy atom. The van der Waals surface area contributed by atoms with E-state index in [2.05, 4.69) is 33.2 Å². The van der Waals surface area contributed by atoms with Crippen molar-refractivity contribution < 1.29 is 0 Å². The summed E-state index contributed by atoms with van der Waals surface area (Å²) in [6.07, 6.45) is 0. The molecule has 0 bridgehead atoms. The number of aromatic amines is 1. The van der Waals surface area contributed by atoms with Gasteiger partial charge in [-0.1, -0.05) is 36.4 Å². The lowest BCUT2D eigenvalue weighted by Gasteiger charge is -2.04. The van der Waals surface area contributed by atoms with Crippen LogP contribution < -0.4 is 5.56 Å². The summed E-state index contributed by atoms with van der Waals surface area (Å²) in [5.41, 5.74) is 3.50. The highest BCUT2D eigenvalue weighted by Crippen LogP contribution is 2.15. The molecule has 5 nitrogen and oxygen atoms in total. The highest BCUT2D eigenvalue weighted by Gasteiger charge is 2.02. The van der Waals surface area contributed by atoms with Crippen LogP contribution in [0.2, 0.25) is 0 Å². The van der Waals surface area contributed by atoms with E-state index < -0.39 is 0 Å². The monoisotopic (exact) mass is 280 g/mol. The van der Waals surface area contributed by atoms with Gasteiger partial charge in [0.25, 0.3) is 5.56 Å². The number of allylic oxidation sites excluding steroid dienone is 1. The van der Waals surface area contributed by atoms with Gasteiger partial charge < -0.3 is 0 Å². The van der Waals surface area contributed by atoms with Crippen LogP contribution >= 0.6 is 0 Å². The van der Waals surface area contributed by atoms with E-state index in [-0.39, 0.29) is 11.5 Å². The highest BCUT2D eigenvalue weighted by molar-refractivity contribution is 6.00. The number of rotatable bonds is 4. The lowest BCUT2D eigenvalue weighted by atomic mass is 10.0. The molecule has 0 aliphatic carbocycles. The summed E-state index contributed by atoms with van der Waals surface area (Å²) in [4.78, 5) is 25.9. The molecule has 0 aliphatic rings. The van der Waals surface area contributed by atoms with Crippen LogP contribution in [0.5, 0.6) is 0 Å². The fraction of sp³-hybridized carbons (Fsp3) is 0.125. The maximum Gasteiger partial charge on any atom is 0.254 e. The van der Waals surface area contributed by atoms with Gasteiger partial charge in [0.1, 0.15) is 0 Å². The Bertz CT molecular complexity index is 770. The smallest absolute Gasteiger partial charge is 0.254 e. The zero-order valence-corrected chi connectivity index (χ0v) is 12.1. The average Bonchev–Trinajstić information content (AvgIpc) is 2.46. The van der Waals surface area contributed by atoms with E-state index in [1.807, 2.05) is 38.1 Å². The first kappa shape index (κ1) is 14.6. The minimum absolute atomic E-state index is 0.159. The van der Waals surface area contributed by atoms with Gasteiger partial charge in [-0.05, 0) is 31.7 Å². The van der Waals surface area contributed by atoms with Crippen LogP contribution in [0.25, 0.3) is 5.57 Å². The zero-order valence-electron chi connectivity index (χ0n) is 12.1. The number of nitrogens with zero attached hydrogens (tertiary/aromatic N) is 3. The van der Waals surface area contributed by atoms with Gasteiger partial charge in [0.05, 0.1) is 0 Å². The Morgan fingerprint density at radius 1 is 1.19 bits per heavy atom. The van der Waals surface area contributed by atoms with Crippen molar-refractivity contribution in [2.45, 2.75) is 13.8 Å². The molecule has 2 rings (SSSR count). The van der Waals surface area contributed by atoms with Crippen molar-refractivity contribution >= 4 is 29.8 Å². The van der Waals surface area contributed by atoms with Gasteiger partial charge in [-0.3, -0.25) is 9.78 Å². The second-order valence-corrected chi connectivity index (χ2v) is 4.64. The third-order valence-electron chi connectivity index (χ3n) is 2.94. The van der Waals surface area contributed by atoms with Crippen molar-refractivity contribution in [1.29, 1.82) is 0 Å². The molecule has 0 atom stereocenters. The molecule has 106 valence electrons. The normalized spacial score (nSPS) is 11.2. The second-order valence-electron chi connectivity index (χ2n) is 4.64. The second kappa shape index (κ2) is 6.09.